The SMILES string of the molecule is CNCCCN1CCN(C2CC2)C(C)C1. The summed E-state index contributed by atoms with van der Waals surface area (Å²) in [4.78, 5) is 5.34. The number of nitrogens with zero attached hydrogens (tertiary/aromatic N) is 2. The zero-order valence-corrected chi connectivity index (χ0v) is 10.2. The molecule has 0 aromatic carbocycles. The van der Waals surface area contributed by atoms with E-state index in [-0.39, 0.29) is 0 Å². The molecule has 0 aromatic heterocycles. The molecule has 0 bridgehead atoms. The highest BCUT2D eigenvalue weighted by Crippen LogP contribution is 2.29. The van der Waals surface area contributed by atoms with Gasteiger partial charge in [0.1, 0.15) is 0 Å². The van der Waals surface area contributed by atoms with Crippen LogP contribution in [0.5, 0.6) is 0 Å². The average Bonchev–Trinajstić information content (AvgIpc) is 3.02. The lowest BCUT2D eigenvalue weighted by molar-refractivity contribution is 0.0768. The zero-order chi connectivity index (χ0) is 10.7. The normalized spacial score (nSPS) is 29.6. The van der Waals surface area contributed by atoms with Crippen molar-refractivity contribution in [3.63, 3.8) is 0 Å². The van der Waals surface area contributed by atoms with Crippen molar-refractivity contribution >= 4 is 0 Å². The van der Waals surface area contributed by atoms with Crippen LogP contribution < -0.4 is 5.32 Å². The van der Waals surface area contributed by atoms with Gasteiger partial charge in [-0.1, -0.05) is 0 Å². The summed E-state index contributed by atoms with van der Waals surface area (Å²) in [5.74, 6) is 0. The zero-order valence-electron chi connectivity index (χ0n) is 10.2. The molecule has 2 rings (SSSR count). The van der Waals surface area contributed by atoms with Crippen molar-refractivity contribution in [1.82, 2.24) is 15.1 Å². The fraction of sp³-hybridized carbons (Fsp3) is 1.00. The first kappa shape index (κ1) is 11.4. The molecule has 1 heterocycles. The topological polar surface area (TPSA) is 18.5 Å². The number of piperazine rings is 1. The second-order valence-corrected chi connectivity index (χ2v) is 5.08. The highest BCUT2D eigenvalue weighted by atomic mass is 15.3. The van der Waals surface area contributed by atoms with Crippen molar-refractivity contribution in [2.45, 2.75) is 38.3 Å². The molecule has 1 saturated heterocycles. The molecule has 1 aliphatic heterocycles. The molecule has 3 nitrogen and oxygen atoms in total. The van der Waals surface area contributed by atoms with Crippen molar-refractivity contribution in [2.75, 3.05) is 39.8 Å². The Balaban J connectivity index is 1.68. The fourth-order valence-electron chi connectivity index (χ4n) is 2.68. The summed E-state index contributed by atoms with van der Waals surface area (Å²) in [6.45, 7) is 8.67. The summed E-state index contributed by atoms with van der Waals surface area (Å²) < 4.78 is 0. The summed E-state index contributed by atoms with van der Waals surface area (Å²) in [5.41, 5.74) is 0. The van der Waals surface area contributed by atoms with Crippen molar-refractivity contribution in [3.8, 4) is 0 Å². The third-order valence-electron chi connectivity index (χ3n) is 3.68. The van der Waals surface area contributed by atoms with Gasteiger partial charge >= 0.3 is 0 Å². The first-order valence-corrected chi connectivity index (χ1v) is 6.44. The second-order valence-electron chi connectivity index (χ2n) is 5.08. The maximum absolute atomic E-state index is 3.22. The van der Waals surface area contributed by atoms with Gasteiger partial charge in [0.15, 0.2) is 0 Å². The van der Waals surface area contributed by atoms with E-state index < -0.39 is 0 Å². The Hall–Kier alpha value is -0.120. The van der Waals surface area contributed by atoms with Crippen molar-refractivity contribution in [2.24, 2.45) is 0 Å². The first-order chi connectivity index (χ1) is 7.31. The van der Waals surface area contributed by atoms with E-state index >= 15 is 0 Å². The van der Waals surface area contributed by atoms with Crippen LogP contribution in [0.4, 0.5) is 0 Å². The highest BCUT2D eigenvalue weighted by molar-refractivity contribution is 4.91. The van der Waals surface area contributed by atoms with Crippen LogP contribution in [0.3, 0.4) is 0 Å². The summed E-state index contributed by atoms with van der Waals surface area (Å²) in [5, 5.41) is 3.22. The summed E-state index contributed by atoms with van der Waals surface area (Å²) >= 11 is 0. The van der Waals surface area contributed by atoms with Crippen molar-refractivity contribution in [3.05, 3.63) is 0 Å². The van der Waals surface area contributed by atoms with Crippen LogP contribution in [0.25, 0.3) is 0 Å². The van der Waals surface area contributed by atoms with Gasteiger partial charge in [0.2, 0.25) is 0 Å². The molecular formula is C12H25N3. The number of rotatable bonds is 5. The van der Waals surface area contributed by atoms with Crippen molar-refractivity contribution in [1.29, 1.82) is 0 Å². The molecule has 0 aromatic rings. The van der Waals surface area contributed by atoms with Gasteiger partial charge in [-0.25, -0.2) is 0 Å². The average molecular weight is 211 g/mol. The van der Waals surface area contributed by atoms with Crippen LogP contribution in [0.2, 0.25) is 0 Å². The van der Waals surface area contributed by atoms with Gasteiger partial charge in [-0.3, -0.25) is 4.90 Å². The minimum absolute atomic E-state index is 0.779. The molecule has 15 heavy (non-hydrogen) atoms. The number of hydrogen-bond acceptors (Lipinski definition) is 3. The van der Waals surface area contributed by atoms with E-state index in [0.717, 1.165) is 18.6 Å². The summed E-state index contributed by atoms with van der Waals surface area (Å²) in [6.07, 6.45) is 4.18. The first-order valence-electron chi connectivity index (χ1n) is 6.44. The third kappa shape index (κ3) is 3.16. The quantitative estimate of drug-likeness (QED) is 0.678. The van der Waals surface area contributed by atoms with Crippen LogP contribution in [-0.2, 0) is 0 Å². The molecule has 1 N–H and O–H groups in total. The van der Waals surface area contributed by atoms with Gasteiger partial charge in [0.25, 0.3) is 0 Å². The summed E-state index contributed by atoms with van der Waals surface area (Å²) in [6, 6.07) is 1.72. The molecule has 1 atom stereocenters. The molecule has 0 radical (unpaired) electrons. The molecule has 88 valence electrons. The Kier molecular flexibility index (Phi) is 4.00. The standard InChI is InChI=1S/C12H25N3/c1-11-10-14(7-3-6-13-2)8-9-15(11)12-4-5-12/h11-13H,3-10H2,1-2H3. The maximum Gasteiger partial charge on any atom is 0.0198 e. The predicted octanol–water partition coefficient (Wildman–Crippen LogP) is 0.764. The van der Waals surface area contributed by atoms with Gasteiger partial charge in [-0.2, -0.15) is 0 Å². The van der Waals surface area contributed by atoms with E-state index in [0.29, 0.717) is 0 Å². The predicted molar refractivity (Wildman–Crippen MR) is 64.2 cm³/mol. The van der Waals surface area contributed by atoms with Crippen molar-refractivity contribution < 1.29 is 0 Å². The van der Waals surface area contributed by atoms with Crippen LogP contribution in [0.1, 0.15) is 26.2 Å². The molecule has 2 aliphatic rings. The van der Waals surface area contributed by atoms with E-state index in [2.05, 4.69) is 22.0 Å². The molecule has 1 aliphatic carbocycles. The molecule has 1 unspecified atom stereocenters. The lowest BCUT2D eigenvalue weighted by atomic mass is 10.2. The third-order valence-corrected chi connectivity index (χ3v) is 3.68. The molecular weight excluding hydrogens is 186 g/mol. The van der Waals surface area contributed by atoms with Crippen LogP contribution >= 0.6 is 0 Å². The summed E-state index contributed by atoms with van der Waals surface area (Å²) in [7, 11) is 2.04. The Bertz CT molecular complexity index is 191. The van der Waals surface area contributed by atoms with E-state index in [1.54, 1.807) is 0 Å². The van der Waals surface area contributed by atoms with Gasteiger partial charge in [-0.05, 0) is 46.3 Å². The van der Waals surface area contributed by atoms with Gasteiger partial charge in [0, 0.05) is 31.7 Å². The Morgan fingerprint density at radius 2 is 2.07 bits per heavy atom. The molecule has 0 amide bonds. The van der Waals surface area contributed by atoms with Gasteiger partial charge in [-0.15, -0.1) is 0 Å². The molecule has 3 heteroatoms. The number of hydrogen-bond donors (Lipinski definition) is 1. The van der Waals surface area contributed by atoms with Crippen LogP contribution in [-0.4, -0.2) is 61.7 Å². The number of nitrogens with one attached hydrogen (secondary N) is 1. The second kappa shape index (κ2) is 5.28. The van der Waals surface area contributed by atoms with Crippen LogP contribution in [0.15, 0.2) is 0 Å². The fourth-order valence-corrected chi connectivity index (χ4v) is 2.68. The Morgan fingerprint density at radius 3 is 2.67 bits per heavy atom. The monoisotopic (exact) mass is 211 g/mol. The lowest BCUT2D eigenvalue weighted by Crippen LogP contribution is -2.52. The largest absolute Gasteiger partial charge is 0.320 e. The molecule has 0 spiro atoms. The highest BCUT2D eigenvalue weighted by Gasteiger charge is 2.34. The van der Waals surface area contributed by atoms with Gasteiger partial charge < -0.3 is 10.2 Å². The van der Waals surface area contributed by atoms with E-state index in [1.807, 2.05) is 7.05 Å². The van der Waals surface area contributed by atoms with E-state index in [4.69, 9.17) is 0 Å². The Labute approximate surface area is 93.8 Å². The van der Waals surface area contributed by atoms with Gasteiger partial charge in [0.05, 0.1) is 0 Å². The van der Waals surface area contributed by atoms with E-state index in [9.17, 15) is 0 Å². The minimum atomic E-state index is 0.779. The van der Waals surface area contributed by atoms with E-state index in [1.165, 1.54) is 45.4 Å². The lowest BCUT2D eigenvalue weighted by Gasteiger charge is -2.40. The molecule has 2 fully saturated rings. The Morgan fingerprint density at radius 1 is 1.27 bits per heavy atom. The molecule has 1 saturated carbocycles. The van der Waals surface area contributed by atoms with Crippen LogP contribution in [0, 0.1) is 0 Å². The smallest absolute Gasteiger partial charge is 0.0198 e. The maximum atomic E-state index is 3.22. The minimum Gasteiger partial charge on any atom is -0.320 e.